The van der Waals surface area contributed by atoms with Gasteiger partial charge in [-0.15, -0.1) is 0 Å². The van der Waals surface area contributed by atoms with Crippen molar-refractivity contribution in [3.63, 3.8) is 0 Å². The van der Waals surface area contributed by atoms with E-state index in [1.165, 1.54) is 45.9 Å². The maximum Gasteiger partial charge on any atom is 0.306 e. The van der Waals surface area contributed by atoms with Crippen molar-refractivity contribution in [3.8, 4) is 0 Å². The molecule has 1 heterocycles. The Morgan fingerprint density at radius 2 is 1.80 bits per heavy atom. The second-order valence-electron chi connectivity index (χ2n) is 6.12. The third kappa shape index (κ3) is 5.54. The fourth-order valence-electron chi connectivity index (χ4n) is 3.16. The SMILES string of the molecule is CCCCCCN1CCN(CCC(=O)OC)C1[SiH](C)C. The number of hydrogen-bond acceptors (Lipinski definition) is 4. The molecule has 20 heavy (non-hydrogen) atoms. The molecule has 0 spiro atoms. The van der Waals surface area contributed by atoms with Gasteiger partial charge < -0.3 is 4.74 Å². The van der Waals surface area contributed by atoms with Crippen LogP contribution < -0.4 is 0 Å². The lowest BCUT2D eigenvalue weighted by Crippen LogP contribution is -2.48. The van der Waals surface area contributed by atoms with Crippen LogP contribution in [0.2, 0.25) is 13.1 Å². The van der Waals surface area contributed by atoms with Gasteiger partial charge in [0.1, 0.15) is 0 Å². The van der Waals surface area contributed by atoms with Gasteiger partial charge in [0.15, 0.2) is 0 Å². The number of ether oxygens (including phenoxy) is 1. The largest absolute Gasteiger partial charge is 0.469 e. The average molecular weight is 301 g/mol. The van der Waals surface area contributed by atoms with E-state index in [1.807, 2.05) is 0 Å². The summed E-state index contributed by atoms with van der Waals surface area (Å²) in [5.41, 5.74) is 0. The van der Waals surface area contributed by atoms with Crippen LogP contribution in [-0.4, -0.2) is 63.6 Å². The minimum absolute atomic E-state index is 0.0874. The Morgan fingerprint density at radius 3 is 2.35 bits per heavy atom. The molecule has 0 N–H and O–H groups in total. The average Bonchev–Trinajstić information content (AvgIpc) is 2.84. The Balaban J connectivity index is 2.42. The zero-order chi connectivity index (χ0) is 15.0. The van der Waals surface area contributed by atoms with Gasteiger partial charge >= 0.3 is 5.97 Å². The molecular weight excluding hydrogens is 268 g/mol. The first-order valence-corrected chi connectivity index (χ1v) is 11.1. The van der Waals surface area contributed by atoms with Gasteiger partial charge in [-0.05, 0) is 13.0 Å². The molecule has 118 valence electrons. The lowest BCUT2D eigenvalue weighted by atomic mass is 10.2. The van der Waals surface area contributed by atoms with Crippen molar-refractivity contribution in [2.45, 2.75) is 57.9 Å². The first-order chi connectivity index (χ1) is 9.60. The Hall–Kier alpha value is -0.393. The predicted molar refractivity (Wildman–Crippen MR) is 86.6 cm³/mol. The Labute approximate surface area is 126 Å². The van der Waals surface area contributed by atoms with Crippen molar-refractivity contribution in [2.24, 2.45) is 0 Å². The number of nitrogens with zero attached hydrogens (tertiary/aromatic N) is 2. The van der Waals surface area contributed by atoms with Crippen LogP contribution in [-0.2, 0) is 9.53 Å². The quantitative estimate of drug-likeness (QED) is 0.371. The molecule has 1 atom stereocenters. The lowest BCUT2D eigenvalue weighted by Gasteiger charge is -2.33. The normalized spacial score (nSPS) is 20.8. The molecule has 1 aliphatic rings. The van der Waals surface area contributed by atoms with Gasteiger partial charge in [-0.3, -0.25) is 14.6 Å². The molecule has 0 aliphatic carbocycles. The topological polar surface area (TPSA) is 32.8 Å². The number of esters is 1. The molecule has 0 radical (unpaired) electrons. The monoisotopic (exact) mass is 300 g/mol. The van der Waals surface area contributed by atoms with Gasteiger partial charge in [0.25, 0.3) is 0 Å². The van der Waals surface area contributed by atoms with Crippen LogP contribution in [0, 0.1) is 0 Å². The van der Waals surface area contributed by atoms with E-state index in [9.17, 15) is 4.79 Å². The third-order valence-corrected chi connectivity index (χ3v) is 6.18. The summed E-state index contributed by atoms with van der Waals surface area (Å²) in [6.45, 7) is 11.5. The van der Waals surface area contributed by atoms with E-state index in [1.54, 1.807) is 0 Å². The molecule has 0 bridgehead atoms. The molecule has 1 saturated heterocycles. The number of unbranched alkanes of at least 4 members (excludes halogenated alkanes) is 3. The third-order valence-electron chi connectivity index (χ3n) is 4.15. The zero-order valence-electron chi connectivity index (χ0n) is 13.7. The Bertz CT molecular complexity index is 287. The van der Waals surface area contributed by atoms with E-state index < -0.39 is 8.80 Å². The Morgan fingerprint density at radius 1 is 1.15 bits per heavy atom. The summed E-state index contributed by atoms with van der Waals surface area (Å²) < 4.78 is 4.76. The molecule has 1 unspecified atom stereocenters. The van der Waals surface area contributed by atoms with E-state index in [0.717, 1.165) is 13.1 Å². The molecule has 0 amide bonds. The highest BCUT2D eigenvalue weighted by atomic mass is 28.3. The standard InChI is InChI=1S/C15H32N2O2Si/c1-5-6-7-8-10-16-12-13-17(15(16)20(3)4)11-9-14(18)19-2/h15,20H,5-13H2,1-4H3. The van der Waals surface area contributed by atoms with Crippen LogP contribution in [0.1, 0.15) is 39.0 Å². The lowest BCUT2D eigenvalue weighted by molar-refractivity contribution is -0.141. The summed E-state index contributed by atoms with van der Waals surface area (Å²) in [6.07, 6.45) is 5.84. The summed E-state index contributed by atoms with van der Waals surface area (Å²) in [6, 6.07) is 0. The van der Waals surface area contributed by atoms with Crippen molar-refractivity contribution < 1.29 is 9.53 Å². The fraction of sp³-hybridized carbons (Fsp3) is 0.933. The minimum atomic E-state index is -0.770. The van der Waals surface area contributed by atoms with Crippen LogP contribution in [0.15, 0.2) is 0 Å². The van der Waals surface area contributed by atoms with Gasteiger partial charge in [-0.1, -0.05) is 39.3 Å². The molecule has 0 saturated carbocycles. The molecule has 1 fully saturated rings. The zero-order valence-corrected chi connectivity index (χ0v) is 14.9. The summed E-state index contributed by atoms with van der Waals surface area (Å²) >= 11 is 0. The maximum atomic E-state index is 11.3. The van der Waals surface area contributed by atoms with Gasteiger partial charge in [0.05, 0.1) is 22.3 Å². The van der Waals surface area contributed by atoms with Gasteiger partial charge in [0, 0.05) is 25.4 Å². The van der Waals surface area contributed by atoms with Crippen molar-refractivity contribution in [3.05, 3.63) is 0 Å². The summed E-state index contributed by atoms with van der Waals surface area (Å²) in [7, 11) is 0.704. The summed E-state index contributed by atoms with van der Waals surface area (Å²) in [4.78, 5) is 16.5. The molecule has 1 rings (SSSR count). The van der Waals surface area contributed by atoms with Crippen LogP contribution >= 0.6 is 0 Å². The van der Waals surface area contributed by atoms with Crippen LogP contribution in [0.3, 0.4) is 0 Å². The van der Waals surface area contributed by atoms with Crippen molar-refractivity contribution in [2.75, 3.05) is 33.3 Å². The smallest absolute Gasteiger partial charge is 0.306 e. The number of methoxy groups -OCH3 is 1. The van der Waals surface area contributed by atoms with Crippen LogP contribution in [0.4, 0.5) is 0 Å². The molecular formula is C15H32N2O2Si. The highest BCUT2D eigenvalue weighted by Crippen LogP contribution is 2.19. The maximum absolute atomic E-state index is 11.3. The van der Waals surface area contributed by atoms with E-state index in [4.69, 9.17) is 4.74 Å². The summed E-state index contributed by atoms with van der Waals surface area (Å²) in [5.74, 6) is 0.539. The molecule has 5 heteroatoms. The van der Waals surface area contributed by atoms with Crippen molar-refractivity contribution >= 4 is 14.8 Å². The van der Waals surface area contributed by atoms with Gasteiger partial charge in [-0.25, -0.2) is 0 Å². The first kappa shape index (κ1) is 17.7. The molecule has 1 aliphatic heterocycles. The van der Waals surface area contributed by atoms with Gasteiger partial charge in [0.2, 0.25) is 0 Å². The fourth-order valence-corrected chi connectivity index (χ4v) is 5.45. The van der Waals surface area contributed by atoms with Gasteiger partial charge in [-0.2, -0.15) is 0 Å². The number of rotatable bonds is 9. The number of hydrogen-bond donors (Lipinski definition) is 0. The molecule has 0 aromatic carbocycles. The van der Waals surface area contributed by atoms with E-state index >= 15 is 0 Å². The molecule has 0 aromatic heterocycles. The van der Waals surface area contributed by atoms with E-state index in [2.05, 4.69) is 29.8 Å². The van der Waals surface area contributed by atoms with Crippen LogP contribution in [0.25, 0.3) is 0 Å². The first-order valence-electron chi connectivity index (χ1n) is 8.15. The predicted octanol–water partition coefficient (Wildman–Crippen LogP) is 2.10. The van der Waals surface area contributed by atoms with Crippen LogP contribution in [0.5, 0.6) is 0 Å². The highest BCUT2D eigenvalue weighted by molar-refractivity contribution is 6.57. The van der Waals surface area contributed by atoms with Crippen molar-refractivity contribution in [1.82, 2.24) is 9.80 Å². The minimum Gasteiger partial charge on any atom is -0.469 e. The highest BCUT2D eigenvalue weighted by Gasteiger charge is 2.33. The van der Waals surface area contributed by atoms with Crippen molar-refractivity contribution in [1.29, 1.82) is 0 Å². The molecule has 4 nitrogen and oxygen atoms in total. The van der Waals surface area contributed by atoms with E-state index in [0.29, 0.717) is 12.2 Å². The Kier molecular flexibility index (Phi) is 8.41. The number of carbonyl (C=O) groups excluding carboxylic acids is 1. The summed E-state index contributed by atoms with van der Waals surface area (Å²) in [5, 5.41) is 0. The van der Waals surface area contributed by atoms with E-state index in [-0.39, 0.29) is 5.97 Å². The second kappa shape index (κ2) is 9.53. The second-order valence-corrected chi connectivity index (χ2v) is 9.20. The number of carbonyl (C=O) groups is 1. The molecule has 0 aromatic rings.